The molecule has 9 heteroatoms. The van der Waals surface area contributed by atoms with Crippen molar-refractivity contribution in [2.24, 2.45) is 5.92 Å². The van der Waals surface area contributed by atoms with Crippen LogP contribution >= 0.6 is 11.3 Å². The highest BCUT2D eigenvalue weighted by Crippen LogP contribution is 2.23. The molecular formula is C16H17N7OS. The number of thiazole rings is 1. The van der Waals surface area contributed by atoms with E-state index in [-0.39, 0.29) is 11.8 Å². The number of nitrogens with zero attached hydrogens (tertiary/aromatic N) is 6. The lowest BCUT2D eigenvalue weighted by Gasteiger charge is -2.32. The highest BCUT2D eigenvalue weighted by atomic mass is 32.1. The van der Waals surface area contributed by atoms with E-state index in [0.717, 1.165) is 31.0 Å². The summed E-state index contributed by atoms with van der Waals surface area (Å²) < 4.78 is 1.80. The quantitative estimate of drug-likeness (QED) is 0.770. The predicted molar refractivity (Wildman–Crippen MR) is 94.8 cm³/mol. The van der Waals surface area contributed by atoms with Crippen LogP contribution in [0.1, 0.15) is 12.8 Å². The molecule has 0 spiro atoms. The largest absolute Gasteiger partial charge is 0.354 e. The van der Waals surface area contributed by atoms with Gasteiger partial charge in [0.2, 0.25) is 5.91 Å². The van der Waals surface area contributed by atoms with Gasteiger partial charge in [-0.2, -0.15) is 0 Å². The van der Waals surface area contributed by atoms with E-state index in [0.29, 0.717) is 11.7 Å². The minimum atomic E-state index is -0.0761. The van der Waals surface area contributed by atoms with E-state index in [1.807, 2.05) is 23.7 Å². The van der Waals surface area contributed by atoms with Crippen LogP contribution in [0.15, 0.2) is 42.4 Å². The van der Waals surface area contributed by atoms with Crippen LogP contribution in [-0.4, -0.2) is 43.7 Å². The van der Waals surface area contributed by atoms with E-state index in [1.165, 1.54) is 11.3 Å². The van der Waals surface area contributed by atoms with Crippen molar-refractivity contribution >= 4 is 28.2 Å². The van der Waals surface area contributed by atoms with Crippen LogP contribution in [0, 0.1) is 5.92 Å². The fourth-order valence-corrected chi connectivity index (χ4v) is 3.44. The lowest BCUT2D eigenvalue weighted by Crippen LogP contribution is -2.41. The van der Waals surface area contributed by atoms with Crippen molar-refractivity contribution in [3.05, 3.63) is 42.4 Å². The molecule has 128 valence electrons. The summed E-state index contributed by atoms with van der Waals surface area (Å²) in [5, 5.41) is 13.9. The van der Waals surface area contributed by atoms with Gasteiger partial charge in [0, 0.05) is 37.1 Å². The second-order valence-corrected chi connectivity index (χ2v) is 6.73. The number of aromatic nitrogens is 5. The molecule has 0 aromatic carbocycles. The molecule has 1 fully saturated rings. The van der Waals surface area contributed by atoms with E-state index in [2.05, 4.69) is 30.4 Å². The zero-order valence-electron chi connectivity index (χ0n) is 13.4. The summed E-state index contributed by atoms with van der Waals surface area (Å²) in [7, 11) is 0. The number of piperidine rings is 1. The Morgan fingerprint density at radius 3 is 2.84 bits per heavy atom. The van der Waals surface area contributed by atoms with Crippen LogP contribution in [0.4, 0.5) is 10.9 Å². The fraction of sp³-hybridized carbons (Fsp3) is 0.312. The van der Waals surface area contributed by atoms with Gasteiger partial charge in [-0.15, -0.1) is 21.5 Å². The zero-order valence-corrected chi connectivity index (χ0v) is 14.3. The summed E-state index contributed by atoms with van der Waals surface area (Å²) >= 11 is 1.43. The monoisotopic (exact) mass is 355 g/mol. The predicted octanol–water partition coefficient (Wildman–Crippen LogP) is 1.97. The molecule has 1 aliphatic rings. The molecule has 0 aliphatic carbocycles. The van der Waals surface area contributed by atoms with Gasteiger partial charge >= 0.3 is 0 Å². The smallest absolute Gasteiger partial charge is 0.231 e. The molecular weight excluding hydrogens is 338 g/mol. The number of amides is 1. The van der Waals surface area contributed by atoms with Crippen molar-refractivity contribution in [2.45, 2.75) is 12.8 Å². The number of anilines is 2. The summed E-state index contributed by atoms with van der Waals surface area (Å²) in [6, 6.07) is 3.84. The fourth-order valence-electron chi connectivity index (χ4n) is 2.91. The molecule has 1 unspecified atom stereocenters. The molecule has 1 amide bonds. The summed E-state index contributed by atoms with van der Waals surface area (Å²) in [4.78, 5) is 22.7. The molecule has 0 bridgehead atoms. The SMILES string of the molecule is O=C(Nc1nccs1)C1CCCN(c2ccc(-n3ccnc3)nn2)C1. The first kappa shape index (κ1) is 15.7. The van der Waals surface area contributed by atoms with Crippen LogP contribution in [-0.2, 0) is 4.79 Å². The molecule has 8 nitrogen and oxygen atoms in total. The standard InChI is InChI=1S/C16H17N7OS/c24-15(19-16-18-6-9-25-16)12-2-1-7-22(10-12)13-3-4-14(21-20-13)23-8-5-17-11-23/h3-6,8-9,11-12H,1-2,7,10H2,(H,18,19,24). The molecule has 0 saturated carbocycles. The number of nitrogens with one attached hydrogen (secondary N) is 1. The topological polar surface area (TPSA) is 88.8 Å². The van der Waals surface area contributed by atoms with Crippen molar-refractivity contribution in [2.75, 3.05) is 23.3 Å². The summed E-state index contributed by atoms with van der Waals surface area (Å²) in [5.74, 6) is 1.45. The molecule has 3 aromatic rings. The Kier molecular flexibility index (Phi) is 4.38. The maximum atomic E-state index is 12.4. The van der Waals surface area contributed by atoms with E-state index in [1.54, 1.807) is 23.3 Å². The summed E-state index contributed by atoms with van der Waals surface area (Å²) in [6.07, 6.45) is 8.71. The molecule has 1 atom stereocenters. The average molecular weight is 355 g/mol. The first-order chi connectivity index (χ1) is 12.3. The van der Waals surface area contributed by atoms with Gasteiger partial charge < -0.3 is 10.2 Å². The lowest BCUT2D eigenvalue weighted by molar-refractivity contribution is -0.120. The number of carbonyl (C=O) groups excluding carboxylic acids is 1. The molecule has 25 heavy (non-hydrogen) atoms. The van der Waals surface area contributed by atoms with Gasteiger partial charge in [0.1, 0.15) is 6.33 Å². The minimum absolute atomic E-state index is 0.0163. The molecule has 1 aliphatic heterocycles. The first-order valence-corrected chi connectivity index (χ1v) is 8.95. The lowest BCUT2D eigenvalue weighted by atomic mass is 9.97. The molecule has 1 saturated heterocycles. The number of imidazole rings is 1. The van der Waals surface area contributed by atoms with Crippen LogP contribution < -0.4 is 10.2 Å². The molecule has 3 aromatic heterocycles. The number of hydrogen-bond donors (Lipinski definition) is 1. The first-order valence-electron chi connectivity index (χ1n) is 8.07. The van der Waals surface area contributed by atoms with Crippen molar-refractivity contribution in [1.29, 1.82) is 0 Å². The van der Waals surface area contributed by atoms with Crippen LogP contribution in [0.2, 0.25) is 0 Å². The van der Waals surface area contributed by atoms with E-state index < -0.39 is 0 Å². The third kappa shape index (κ3) is 3.50. The van der Waals surface area contributed by atoms with Gasteiger partial charge in [-0.3, -0.25) is 9.36 Å². The normalized spacial score (nSPS) is 17.4. The Balaban J connectivity index is 1.43. The molecule has 0 radical (unpaired) electrons. The third-order valence-corrected chi connectivity index (χ3v) is 4.87. The molecule has 4 rings (SSSR count). The third-order valence-electron chi connectivity index (χ3n) is 4.18. The van der Waals surface area contributed by atoms with Gasteiger partial charge in [-0.25, -0.2) is 9.97 Å². The van der Waals surface area contributed by atoms with Crippen molar-refractivity contribution in [3.63, 3.8) is 0 Å². The Morgan fingerprint density at radius 2 is 2.12 bits per heavy atom. The Hall–Kier alpha value is -2.81. The molecule has 4 heterocycles. The Morgan fingerprint density at radius 1 is 1.24 bits per heavy atom. The highest BCUT2D eigenvalue weighted by molar-refractivity contribution is 7.13. The van der Waals surface area contributed by atoms with E-state index >= 15 is 0 Å². The Bertz CT molecular complexity index is 817. The van der Waals surface area contributed by atoms with Gasteiger partial charge in [-0.1, -0.05) is 0 Å². The zero-order chi connectivity index (χ0) is 17.1. The minimum Gasteiger partial charge on any atom is -0.354 e. The van der Waals surface area contributed by atoms with Crippen LogP contribution in [0.5, 0.6) is 0 Å². The van der Waals surface area contributed by atoms with Gasteiger partial charge in [0.05, 0.1) is 5.92 Å². The highest BCUT2D eigenvalue weighted by Gasteiger charge is 2.27. The number of hydrogen-bond acceptors (Lipinski definition) is 7. The summed E-state index contributed by atoms with van der Waals surface area (Å²) in [6.45, 7) is 1.51. The number of rotatable bonds is 4. The second-order valence-electron chi connectivity index (χ2n) is 5.83. The van der Waals surface area contributed by atoms with E-state index in [4.69, 9.17) is 0 Å². The van der Waals surface area contributed by atoms with Crippen molar-refractivity contribution in [1.82, 2.24) is 24.7 Å². The van der Waals surface area contributed by atoms with E-state index in [9.17, 15) is 4.79 Å². The molecule has 1 N–H and O–H groups in total. The van der Waals surface area contributed by atoms with Gasteiger partial charge in [0.25, 0.3) is 0 Å². The van der Waals surface area contributed by atoms with Gasteiger partial charge in [-0.05, 0) is 25.0 Å². The van der Waals surface area contributed by atoms with Crippen LogP contribution in [0.25, 0.3) is 5.82 Å². The van der Waals surface area contributed by atoms with Gasteiger partial charge in [0.15, 0.2) is 16.8 Å². The maximum absolute atomic E-state index is 12.4. The van der Waals surface area contributed by atoms with Crippen molar-refractivity contribution < 1.29 is 4.79 Å². The second kappa shape index (κ2) is 6.98. The Labute approximate surface area is 148 Å². The van der Waals surface area contributed by atoms with Crippen LogP contribution in [0.3, 0.4) is 0 Å². The maximum Gasteiger partial charge on any atom is 0.231 e. The average Bonchev–Trinajstić information content (AvgIpc) is 3.36. The van der Waals surface area contributed by atoms with Crippen molar-refractivity contribution in [3.8, 4) is 5.82 Å². The summed E-state index contributed by atoms with van der Waals surface area (Å²) in [5.41, 5.74) is 0. The number of carbonyl (C=O) groups is 1.